The van der Waals surface area contributed by atoms with Crippen LogP contribution in [0.1, 0.15) is 6.92 Å². The first-order valence-corrected chi connectivity index (χ1v) is 6.83. The molecule has 0 unspecified atom stereocenters. The van der Waals surface area contributed by atoms with Gasteiger partial charge in [-0.25, -0.2) is 4.79 Å². The van der Waals surface area contributed by atoms with Crippen molar-refractivity contribution in [2.24, 2.45) is 0 Å². The molecule has 0 aromatic carbocycles. The van der Waals surface area contributed by atoms with Gasteiger partial charge in [0.05, 0.1) is 19.8 Å². The number of aromatic amines is 1. The molecule has 9 nitrogen and oxygen atoms in total. The summed E-state index contributed by atoms with van der Waals surface area (Å²) in [6.45, 7) is 1.58. The van der Waals surface area contributed by atoms with Gasteiger partial charge in [0.15, 0.2) is 5.72 Å². The minimum absolute atomic E-state index is 0.174. The molecular weight excluding hydrogens is 296 g/mol. The standard InChI is InChI=1S/C13H20N2O7/c1-13(15-4-3-9(17)14-12(15)19)11(21-6-5-20-2)10(18)8(7-16)22-13/h3-4,8,10-11,16,18H,5-7H2,1-2H3,(H,14,17,19)/t8-,10-,11-,13-/m1/s1. The van der Waals surface area contributed by atoms with E-state index in [0.29, 0.717) is 6.61 Å². The summed E-state index contributed by atoms with van der Waals surface area (Å²) in [5.74, 6) is 0. The highest BCUT2D eigenvalue weighted by molar-refractivity contribution is 5.00. The van der Waals surface area contributed by atoms with Gasteiger partial charge in [0.2, 0.25) is 0 Å². The number of H-pyrrole nitrogens is 1. The van der Waals surface area contributed by atoms with E-state index >= 15 is 0 Å². The van der Waals surface area contributed by atoms with E-state index in [1.165, 1.54) is 19.4 Å². The zero-order valence-corrected chi connectivity index (χ0v) is 12.4. The summed E-state index contributed by atoms with van der Waals surface area (Å²) in [7, 11) is 1.51. The van der Waals surface area contributed by atoms with E-state index in [1.807, 2.05) is 0 Å². The second kappa shape index (κ2) is 6.71. The van der Waals surface area contributed by atoms with Crippen molar-refractivity contribution in [3.63, 3.8) is 0 Å². The molecule has 2 heterocycles. The molecule has 9 heteroatoms. The van der Waals surface area contributed by atoms with E-state index in [4.69, 9.17) is 14.2 Å². The molecule has 0 bridgehead atoms. The first kappa shape index (κ1) is 16.8. The Morgan fingerprint density at radius 1 is 1.45 bits per heavy atom. The van der Waals surface area contributed by atoms with Crippen molar-refractivity contribution in [3.05, 3.63) is 33.1 Å². The van der Waals surface area contributed by atoms with Crippen LogP contribution < -0.4 is 11.2 Å². The summed E-state index contributed by atoms with van der Waals surface area (Å²) in [4.78, 5) is 25.3. The van der Waals surface area contributed by atoms with Crippen LogP contribution in [-0.4, -0.2) is 65.0 Å². The number of aliphatic hydroxyl groups is 2. The lowest BCUT2D eigenvalue weighted by atomic mass is 10.0. The predicted molar refractivity (Wildman–Crippen MR) is 74.6 cm³/mol. The molecule has 1 aromatic rings. The topological polar surface area (TPSA) is 123 Å². The number of methoxy groups -OCH3 is 1. The molecule has 1 aliphatic heterocycles. The molecule has 1 aliphatic rings. The largest absolute Gasteiger partial charge is 0.394 e. The quantitative estimate of drug-likeness (QED) is 0.518. The third kappa shape index (κ3) is 2.99. The highest BCUT2D eigenvalue weighted by atomic mass is 16.6. The number of hydrogen-bond donors (Lipinski definition) is 3. The Bertz CT molecular complexity index is 613. The van der Waals surface area contributed by atoms with Gasteiger partial charge in [-0.2, -0.15) is 0 Å². The average molecular weight is 316 g/mol. The molecular formula is C13H20N2O7. The van der Waals surface area contributed by atoms with Crippen LogP contribution >= 0.6 is 0 Å². The lowest BCUT2D eigenvalue weighted by molar-refractivity contribution is -0.156. The number of rotatable bonds is 6. The van der Waals surface area contributed by atoms with Crippen LogP contribution in [0.25, 0.3) is 0 Å². The Labute approximate surface area is 126 Å². The zero-order valence-electron chi connectivity index (χ0n) is 12.4. The molecule has 1 saturated heterocycles. The maximum Gasteiger partial charge on any atom is 0.330 e. The molecule has 2 rings (SSSR count). The van der Waals surface area contributed by atoms with Crippen molar-refractivity contribution in [1.82, 2.24) is 9.55 Å². The minimum Gasteiger partial charge on any atom is -0.394 e. The van der Waals surface area contributed by atoms with Gasteiger partial charge in [0.1, 0.15) is 18.3 Å². The summed E-state index contributed by atoms with van der Waals surface area (Å²) >= 11 is 0. The van der Waals surface area contributed by atoms with Gasteiger partial charge in [-0.3, -0.25) is 14.3 Å². The monoisotopic (exact) mass is 316 g/mol. The normalized spacial score (nSPS) is 31.5. The van der Waals surface area contributed by atoms with E-state index in [-0.39, 0.29) is 6.61 Å². The lowest BCUT2D eigenvalue weighted by Gasteiger charge is -2.32. The van der Waals surface area contributed by atoms with Crippen molar-refractivity contribution in [3.8, 4) is 0 Å². The number of aromatic nitrogens is 2. The predicted octanol–water partition coefficient (Wildman–Crippen LogP) is -2.01. The van der Waals surface area contributed by atoms with Crippen molar-refractivity contribution < 1.29 is 24.4 Å². The summed E-state index contributed by atoms with van der Waals surface area (Å²) in [6.07, 6.45) is -1.69. The van der Waals surface area contributed by atoms with Crippen LogP contribution in [0.5, 0.6) is 0 Å². The van der Waals surface area contributed by atoms with E-state index in [2.05, 4.69) is 4.98 Å². The molecule has 0 spiro atoms. The van der Waals surface area contributed by atoms with Crippen LogP contribution in [0.2, 0.25) is 0 Å². The van der Waals surface area contributed by atoms with Crippen LogP contribution in [0.15, 0.2) is 21.9 Å². The molecule has 124 valence electrons. The smallest absolute Gasteiger partial charge is 0.330 e. The summed E-state index contributed by atoms with van der Waals surface area (Å²) < 4.78 is 17.2. The Hall–Kier alpha value is -1.52. The van der Waals surface area contributed by atoms with Gasteiger partial charge in [-0.05, 0) is 6.92 Å². The third-order valence-electron chi connectivity index (χ3n) is 3.68. The second-order valence-corrected chi connectivity index (χ2v) is 5.15. The van der Waals surface area contributed by atoms with Gasteiger partial charge in [0.25, 0.3) is 5.56 Å². The Morgan fingerprint density at radius 2 is 2.18 bits per heavy atom. The number of hydrogen-bond acceptors (Lipinski definition) is 7. The van der Waals surface area contributed by atoms with E-state index in [9.17, 15) is 19.8 Å². The Morgan fingerprint density at radius 3 is 2.77 bits per heavy atom. The van der Waals surface area contributed by atoms with Crippen molar-refractivity contribution in [2.75, 3.05) is 26.9 Å². The van der Waals surface area contributed by atoms with Crippen molar-refractivity contribution in [1.29, 1.82) is 0 Å². The lowest BCUT2D eigenvalue weighted by Crippen LogP contribution is -2.50. The van der Waals surface area contributed by atoms with Gasteiger partial charge < -0.3 is 24.4 Å². The minimum atomic E-state index is -1.37. The van der Waals surface area contributed by atoms with Gasteiger partial charge in [-0.15, -0.1) is 0 Å². The van der Waals surface area contributed by atoms with E-state index < -0.39 is 41.9 Å². The van der Waals surface area contributed by atoms with Gasteiger partial charge in [0, 0.05) is 19.4 Å². The molecule has 0 saturated carbocycles. The van der Waals surface area contributed by atoms with E-state index in [0.717, 1.165) is 4.57 Å². The van der Waals surface area contributed by atoms with Gasteiger partial charge in [-0.1, -0.05) is 0 Å². The summed E-state index contributed by atoms with van der Waals surface area (Å²) in [5, 5.41) is 19.6. The fourth-order valence-corrected chi connectivity index (χ4v) is 2.57. The SMILES string of the molecule is COCCO[C@@H]1[C@H](O)[C@@H](CO)O[C@@]1(C)n1ccc(=O)[nH]c1=O. The Kier molecular flexibility index (Phi) is 5.14. The molecule has 4 atom stereocenters. The molecule has 22 heavy (non-hydrogen) atoms. The van der Waals surface area contributed by atoms with Crippen molar-refractivity contribution in [2.45, 2.75) is 31.0 Å². The Balaban J connectivity index is 2.38. The van der Waals surface area contributed by atoms with Crippen LogP contribution in [0.4, 0.5) is 0 Å². The zero-order chi connectivity index (χ0) is 16.3. The average Bonchev–Trinajstić information content (AvgIpc) is 2.72. The first-order valence-electron chi connectivity index (χ1n) is 6.83. The molecule has 1 aromatic heterocycles. The molecule has 0 radical (unpaired) electrons. The highest BCUT2D eigenvalue weighted by Crippen LogP contribution is 2.36. The van der Waals surface area contributed by atoms with Crippen LogP contribution in [0, 0.1) is 0 Å². The molecule has 0 aliphatic carbocycles. The molecule has 0 amide bonds. The van der Waals surface area contributed by atoms with Gasteiger partial charge >= 0.3 is 5.69 Å². The number of nitrogens with zero attached hydrogens (tertiary/aromatic N) is 1. The highest BCUT2D eigenvalue weighted by Gasteiger charge is 2.54. The van der Waals surface area contributed by atoms with Crippen LogP contribution in [0.3, 0.4) is 0 Å². The molecule has 3 N–H and O–H groups in total. The van der Waals surface area contributed by atoms with Crippen molar-refractivity contribution >= 4 is 0 Å². The first-order chi connectivity index (χ1) is 10.4. The summed E-state index contributed by atoms with van der Waals surface area (Å²) in [5.41, 5.74) is -2.61. The fraction of sp³-hybridized carbons (Fsp3) is 0.692. The maximum atomic E-state index is 12.0. The van der Waals surface area contributed by atoms with Crippen LogP contribution in [-0.2, 0) is 19.9 Å². The second-order valence-electron chi connectivity index (χ2n) is 5.15. The number of aliphatic hydroxyl groups excluding tert-OH is 2. The summed E-state index contributed by atoms with van der Waals surface area (Å²) in [6, 6.07) is 1.17. The number of nitrogens with one attached hydrogen (secondary N) is 1. The molecule has 1 fully saturated rings. The van der Waals surface area contributed by atoms with E-state index in [1.54, 1.807) is 6.92 Å². The number of ether oxygens (including phenoxy) is 3. The maximum absolute atomic E-state index is 12.0. The fourth-order valence-electron chi connectivity index (χ4n) is 2.57. The third-order valence-corrected chi connectivity index (χ3v) is 3.68.